The second-order valence-electron chi connectivity index (χ2n) is 5.07. The maximum atomic E-state index is 11.6. The van der Waals surface area contributed by atoms with Crippen LogP contribution in [-0.4, -0.2) is 22.3 Å². The third-order valence-electron chi connectivity index (χ3n) is 3.04. The topological polar surface area (TPSA) is 61.7 Å². The zero-order valence-electron chi connectivity index (χ0n) is 10.7. The Labute approximate surface area is 107 Å². The van der Waals surface area contributed by atoms with Gasteiger partial charge in [-0.3, -0.25) is 4.79 Å². The van der Waals surface area contributed by atoms with Gasteiger partial charge < -0.3 is 5.11 Å². The number of nitrogens with zero attached hydrogens (tertiary/aromatic N) is 1. The molecule has 0 fully saturated rings. The second kappa shape index (κ2) is 4.90. The Balaban J connectivity index is 2.18. The van der Waals surface area contributed by atoms with Crippen LogP contribution in [0.5, 0.6) is 0 Å². The number of hydrogen-bond acceptors (Lipinski definition) is 3. The van der Waals surface area contributed by atoms with E-state index in [1.165, 1.54) is 19.4 Å². The fraction of sp³-hybridized carbons (Fsp3) is 0.429. The Morgan fingerprint density at radius 2 is 2.06 bits per heavy atom. The first-order valence-corrected chi connectivity index (χ1v) is 6.16. The van der Waals surface area contributed by atoms with Gasteiger partial charge in [0.2, 0.25) is 0 Å². The van der Waals surface area contributed by atoms with E-state index in [0.717, 1.165) is 30.5 Å². The fourth-order valence-corrected chi connectivity index (χ4v) is 1.97. The lowest BCUT2D eigenvalue weighted by Crippen LogP contribution is -2.40. The predicted octanol–water partition coefficient (Wildman–Crippen LogP) is 1.61. The first-order chi connectivity index (χ1) is 8.48. The van der Waals surface area contributed by atoms with Crippen LogP contribution in [0, 0.1) is 0 Å². The van der Waals surface area contributed by atoms with E-state index in [9.17, 15) is 9.90 Å². The molecule has 0 aliphatic heterocycles. The van der Waals surface area contributed by atoms with E-state index in [4.69, 9.17) is 0 Å². The molecular weight excluding hydrogens is 228 g/mol. The molecule has 0 heterocycles. The summed E-state index contributed by atoms with van der Waals surface area (Å²) in [6.07, 6.45) is 2.94. The van der Waals surface area contributed by atoms with Gasteiger partial charge in [0, 0.05) is 5.56 Å². The van der Waals surface area contributed by atoms with Gasteiger partial charge in [0.15, 0.2) is 0 Å². The molecule has 1 aromatic carbocycles. The van der Waals surface area contributed by atoms with Crippen molar-refractivity contribution in [1.29, 1.82) is 0 Å². The fourth-order valence-electron chi connectivity index (χ4n) is 1.97. The Morgan fingerprint density at radius 3 is 2.78 bits per heavy atom. The molecular formula is C14H18N2O2. The minimum atomic E-state index is -1.40. The van der Waals surface area contributed by atoms with E-state index in [1.807, 2.05) is 18.2 Å². The van der Waals surface area contributed by atoms with Crippen LogP contribution in [0.2, 0.25) is 0 Å². The molecule has 0 radical (unpaired) electrons. The van der Waals surface area contributed by atoms with Gasteiger partial charge in [-0.2, -0.15) is 5.10 Å². The minimum absolute atomic E-state index is 0.488. The van der Waals surface area contributed by atoms with Crippen molar-refractivity contribution in [1.82, 2.24) is 5.43 Å². The quantitative estimate of drug-likeness (QED) is 0.779. The number of amides is 1. The maximum absolute atomic E-state index is 11.6. The van der Waals surface area contributed by atoms with E-state index >= 15 is 0 Å². The van der Waals surface area contributed by atoms with Gasteiger partial charge in [-0.1, -0.05) is 24.3 Å². The molecule has 1 amide bonds. The number of benzene rings is 1. The molecule has 1 aliphatic carbocycles. The van der Waals surface area contributed by atoms with Crippen LogP contribution in [0.15, 0.2) is 29.4 Å². The van der Waals surface area contributed by atoms with Crippen molar-refractivity contribution in [2.75, 3.05) is 0 Å². The standard InChI is InChI=1S/C14H18N2O2/c1-14(2,18)13(17)16-15-12-9-5-7-10-6-3-4-8-11(10)12/h3-4,6,8,18H,5,7,9H2,1-2H3,(H,16,17). The Kier molecular flexibility index (Phi) is 3.48. The van der Waals surface area contributed by atoms with E-state index < -0.39 is 11.5 Å². The number of nitrogens with one attached hydrogen (secondary N) is 1. The Morgan fingerprint density at radius 1 is 1.33 bits per heavy atom. The average molecular weight is 246 g/mol. The highest BCUT2D eigenvalue weighted by molar-refractivity contribution is 6.03. The molecule has 4 heteroatoms. The lowest BCUT2D eigenvalue weighted by atomic mass is 9.90. The molecule has 1 aliphatic rings. The van der Waals surface area contributed by atoms with Gasteiger partial charge >= 0.3 is 0 Å². The highest BCUT2D eigenvalue weighted by Gasteiger charge is 2.24. The number of aryl methyl sites for hydroxylation is 1. The summed E-state index contributed by atoms with van der Waals surface area (Å²) in [5.74, 6) is -0.488. The summed E-state index contributed by atoms with van der Waals surface area (Å²) in [5.41, 5.74) is 4.27. The summed E-state index contributed by atoms with van der Waals surface area (Å²) in [6, 6.07) is 8.08. The van der Waals surface area contributed by atoms with Crippen molar-refractivity contribution >= 4 is 11.6 Å². The number of carbonyl (C=O) groups excluding carboxylic acids is 1. The third kappa shape index (κ3) is 2.76. The largest absolute Gasteiger partial charge is 0.381 e. The molecule has 2 rings (SSSR count). The van der Waals surface area contributed by atoms with E-state index in [-0.39, 0.29) is 0 Å². The molecule has 96 valence electrons. The molecule has 18 heavy (non-hydrogen) atoms. The predicted molar refractivity (Wildman–Crippen MR) is 70.4 cm³/mol. The molecule has 1 aromatic rings. The number of aliphatic hydroxyl groups is 1. The monoisotopic (exact) mass is 246 g/mol. The molecule has 0 bridgehead atoms. The van der Waals surface area contributed by atoms with Crippen LogP contribution < -0.4 is 5.43 Å². The molecule has 0 aromatic heterocycles. The average Bonchev–Trinajstić information content (AvgIpc) is 2.34. The lowest BCUT2D eigenvalue weighted by Gasteiger charge is -2.19. The molecule has 0 unspecified atom stereocenters. The number of hydrazone groups is 1. The summed E-state index contributed by atoms with van der Waals surface area (Å²) in [4.78, 5) is 11.6. The SMILES string of the molecule is CC(C)(O)C(=O)NN=C1CCCc2ccccc21. The number of hydrogen-bond donors (Lipinski definition) is 2. The van der Waals surface area contributed by atoms with Crippen molar-refractivity contribution < 1.29 is 9.90 Å². The summed E-state index contributed by atoms with van der Waals surface area (Å²) < 4.78 is 0. The van der Waals surface area contributed by atoms with Gasteiger partial charge in [-0.15, -0.1) is 0 Å². The molecule has 2 N–H and O–H groups in total. The van der Waals surface area contributed by atoms with Gasteiger partial charge in [0.05, 0.1) is 5.71 Å². The first kappa shape index (κ1) is 12.8. The Bertz CT molecular complexity index is 487. The molecule has 0 atom stereocenters. The van der Waals surface area contributed by atoms with Gasteiger partial charge in [0.1, 0.15) is 5.60 Å². The molecule has 0 saturated heterocycles. The van der Waals surface area contributed by atoms with Crippen molar-refractivity contribution in [3.05, 3.63) is 35.4 Å². The highest BCUT2D eigenvalue weighted by Crippen LogP contribution is 2.21. The molecule has 0 spiro atoms. The molecule has 4 nitrogen and oxygen atoms in total. The van der Waals surface area contributed by atoms with Crippen LogP contribution in [0.4, 0.5) is 0 Å². The lowest BCUT2D eigenvalue weighted by molar-refractivity contribution is -0.136. The van der Waals surface area contributed by atoms with Crippen molar-refractivity contribution in [2.45, 2.75) is 38.7 Å². The van der Waals surface area contributed by atoms with Crippen LogP contribution in [-0.2, 0) is 11.2 Å². The summed E-state index contributed by atoms with van der Waals surface area (Å²) in [6.45, 7) is 2.88. The zero-order valence-corrected chi connectivity index (χ0v) is 10.7. The van der Waals surface area contributed by atoms with E-state index in [2.05, 4.69) is 16.6 Å². The van der Waals surface area contributed by atoms with E-state index in [0.29, 0.717) is 0 Å². The van der Waals surface area contributed by atoms with Gasteiger partial charge in [0.25, 0.3) is 5.91 Å². The molecule has 0 saturated carbocycles. The highest BCUT2D eigenvalue weighted by atomic mass is 16.3. The van der Waals surface area contributed by atoms with Crippen LogP contribution >= 0.6 is 0 Å². The second-order valence-corrected chi connectivity index (χ2v) is 5.07. The van der Waals surface area contributed by atoms with Crippen molar-refractivity contribution in [2.24, 2.45) is 5.10 Å². The van der Waals surface area contributed by atoms with Crippen LogP contribution in [0.3, 0.4) is 0 Å². The third-order valence-corrected chi connectivity index (χ3v) is 3.04. The smallest absolute Gasteiger partial charge is 0.271 e. The normalized spacial score (nSPS) is 17.4. The van der Waals surface area contributed by atoms with Gasteiger partial charge in [-0.05, 0) is 38.7 Å². The summed E-state index contributed by atoms with van der Waals surface area (Å²) >= 11 is 0. The number of carbonyl (C=O) groups is 1. The van der Waals surface area contributed by atoms with Crippen molar-refractivity contribution in [3.63, 3.8) is 0 Å². The maximum Gasteiger partial charge on any atom is 0.271 e. The first-order valence-electron chi connectivity index (χ1n) is 6.16. The van der Waals surface area contributed by atoms with Crippen molar-refractivity contribution in [3.8, 4) is 0 Å². The van der Waals surface area contributed by atoms with Gasteiger partial charge in [-0.25, -0.2) is 5.43 Å². The minimum Gasteiger partial charge on any atom is -0.381 e. The van der Waals surface area contributed by atoms with Crippen LogP contribution in [0.25, 0.3) is 0 Å². The zero-order chi connectivity index (χ0) is 13.2. The Hall–Kier alpha value is -1.68. The number of fused-ring (bicyclic) bond motifs is 1. The summed E-state index contributed by atoms with van der Waals surface area (Å²) in [7, 11) is 0. The summed E-state index contributed by atoms with van der Waals surface area (Å²) in [5, 5.41) is 13.7. The van der Waals surface area contributed by atoms with Crippen LogP contribution in [0.1, 0.15) is 37.8 Å². The number of rotatable bonds is 2. The van der Waals surface area contributed by atoms with E-state index in [1.54, 1.807) is 0 Å².